The van der Waals surface area contributed by atoms with Gasteiger partial charge in [-0.2, -0.15) is 0 Å². The van der Waals surface area contributed by atoms with Gasteiger partial charge in [0.25, 0.3) is 0 Å². The highest BCUT2D eigenvalue weighted by Crippen LogP contribution is 2.26. The summed E-state index contributed by atoms with van der Waals surface area (Å²) in [6.07, 6.45) is 70.5. The number of carbonyl (C=O) groups excluding carboxylic acids is 2. The molecule has 1 fully saturated rings. The first-order valence-electron chi connectivity index (χ1n) is 35.4. The second-order valence-corrected chi connectivity index (χ2v) is 24.3. The van der Waals surface area contributed by atoms with E-state index in [4.69, 9.17) is 14.2 Å². The van der Waals surface area contributed by atoms with E-state index in [2.05, 4.69) is 99.0 Å². The van der Waals surface area contributed by atoms with Crippen molar-refractivity contribution in [2.45, 2.75) is 359 Å². The van der Waals surface area contributed by atoms with Crippen molar-refractivity contribution >= 4 is 11.9 Å². The van der Waals surface area contributed by atoms with E-state index in [1.807, 2.05) is 6.08 Å². The number of aliphatic hydroxyl groups is 5. The second-order valence-electron chi connectivity index (χ2n) is 24.3. The maximum atomic E-state index is 13.5. The minimum Gasteiger partial charge on any atom is -0.454 e. The van der Waals surface area contributed by atoms with Gasteiger partial charge in [-0.25, -0.2) is 0 Å². The fourth-order valence-electron chi connectivity index (χ4n) is 10.7. The molecule has 1 aliphatic heterocycles. The Bertz CT molecular complexity index is 1710. The van der Waals surface area contributed by atoms with E-state index in [0.717, 1.165) is 103 Å². The molecule has 1 rings (SSSR count). The maximum absolute atomic E-state index is 13.5. The number of nitrogens with one attached hydrogen (secondary N) is 1. The highest BCUT2D eigenvalue weighted by molar-refractivity contribution is 5.80. The SMILES string of the molecule is CCCCC/C=C\C/C=C\C/C=C\CCCCCCCCCCCCCCCC(O)C(=O)NC(COC1OC(CO)C(O)C(O)C1OC(=O)CCCCCCCC/C=C\C/C=C\C/C=C\CCCCC)C(O)/C=C/CCCCCCCCCCC. The van der Waals surface area contributed by atoms with Gasteiger partial charge in [0.05, 0.1) is 25.4 Å². The van der Waals surface area contributed by atoms with Gasteiger partial charge >= 0.3 is 5.97 Å². The molecule has 85 heavy (non-hydrogen) atoms. The minimum atomic E-state index is -1.62. The highest BCUT2D eigenvalue weighted by atomic mass is 16.7. The van der Waals surface area contributed by atoms with E-state index in [9.17, 15) is 35.1 Å². The summed E-state index contributed by atoms with van der Waals surface area (Å²) in [6, 6.07) is -1.03. The minimum absolute atomic E-state index is 0.107. The molecule has 0 aromatic heterocycles. The van der Waals surface area contributed by atoms with E-state index in [0.29, 0.717) is 12.8 Å². The Kier molecular flexibility index (Phi) is 57.4. The third-order valence-corrected chi connectivity index (χ3v) is 16.3. The summed E-state index contributed by atoms with van der Waals surface area (Å²) >= 11 is 0. The molecule has 0 spiro atoms. The van der Waals surface area contributed by atoms with E-state index in [-0.39, 0.29) is 19.4 Å². The Balaban J connectivity index is 2.56. The van der Waals surface area contributed by atoms with Gasteiger partial charge in [0.15, 0.2) is 12.4 Å². The molecule has 1 amide bonds. The normalized spacial score (nSPS) is 18.9. The Morgan fingerprint density at radius 2 is 0.812 bits per heavy atom. The first-order valence-corrected chi connectivity index (χ1v) is 35.4. The lowest BCUT2D eigenvalue weighted by molar-refractivity contribution is -0.305. The van der Waals surface area contributed by atoms with Crippen LogP contribution in [-0.4, -0.2) is 99.6 Å². The smallest absolute Gasteiger partial charge is 0.306 e. The number of aliphatic hydroxyl groups excluding tert-OH is 5. The third-order valence-electron chi connectivity index (χ3n) is 16.3. The van der Waals surface area contributed by atoms with Crippen LogP contribution < -0.4 is 5.32 Å². The van der Waals surface area contributed by atoms with Crippen molar-refractivity contribution in [2.75, 3.05) is 13.2 Å². The number of esters is 1. The van der Waals surface area contributed by atoms with Gasteiger partial charge in [0.2, 0.25) is 5.91 Å². The first kappa shape index (κ1) is 79.9. The van der Waals surface area contributed by atoms with E-state index in [1.165, 1.54) is 161 Å². The van der Waals surface area contributed by atoms with E-state index >= 15 is 0 Å². The van der Waals surface area contributed by atoms with Crippen molar-refractivity contribution in [1.82, 2.24) is 5.32 Å². The van der Waals surface area contributed by atoms with Gasteiger partial charge in [-0.3, -0.25) is 9.59 Å². The van der Waals surface area contributed by atoms with Crippen molar-refractivity contribution < 1.29 is 49.3 Å². The van der Waals surface area contributed by atoms with Gasteiger partial charge in [-0.1, -0.05) is 286 Å². The van der Waals surface area contributed by atoms with Gasteiger partial charge in [-0.15, -0.1) is 0 Å². The predicted molar refractivity (Wildman–Crippen MR) is 356 cm³/mol. The molecule has 0 radical (unpaired) electrons. The Morgan fingerprint density at radius 3 is 1.24 bits per heavy atom. The zero-order valence-electron chi connectivity index (χ0n) is 54.7. The largest absolute Gasteiger partial charge is 0.454 e. The molecule has 0 bridgehead atoms. The molecule has 0 aromatic rings. The van der Waals surface area contributed by atoms with Crippen LogP contribution >= 0.6 is 0 Å². The summed E-state index contributed by atoms with van der Waals surface area (Å²) in [6.45, 7) is 5.74. The van der Waals surface area contributed by atoms with Crippen LogP contribution in [0.2, 0.25) is 0 Å². The Hall–Kier alpha value is -3.16. The van der Waals surface area contributed by atoms with E-state index < -0.39 is 67.4 Å². The zero-order valence-corrected chi connectivity index (χ0v) is 54.7. The highest BCUT2D eigenvalue weighted by Gasteiger charge is 2.47. The summed E-state index contributed by atoms with van der Waals surface area (Å²) in [5, 5.41) is 57.2. The first-order chi connectivity index (χ1) is 41.7. The quantitative estimate of drug-likeness (QED) is 0.0195. The number of allylic oxidation sites excluding steroid dienone is 13. The molecule has 1 aliphatic rings. The number of carbonyl (C=O) groups is 2. The lowest BCUT2D eigenvalue weighted by Crippen LogP contribution is -2.61. The van der Waals surface area contributed by atoms with Crippen LogP contribution in [0, 0.1) is 0 Å². The second kappa shape index (κ2) is 61.1. The van der Waals surface area contributed by atoms with Gasteiger partial charge in [0, 0.05) is 6.42 Å². The molecule has 6 N–H and O–H groups in total. The summed E-state index contributed by atoms with van der Waals surface area (Å²) in [4.78, 5) is 26.6. The number of rotatable bonds is 60. The Morgan fingerprint density at radius 1 is 0.459 bits per heavy atom. The van der Waals surface area contributed by atoms with E-state index in [1.54, 1.807) is 6.08 Å². The Labute approximate surface area is 521 Å². The molecule has 11 heteroatoms. The van der Waals surface area contributed by atoms with Crippen molar-refractivity contribution in [3.8, 4) is 0 Å². The standard InChI is InChI=1S/C74H131NO10/c1-4-7-10-13-16-19-22-24-26-28-30-31-32-33-34-35-36-38-39-41-43-46-49-52-55-58-61-67(78)73(82)75-65(66(77)60-57-54-51-48-45-21-18-15-12-9-6-3)64-83-74-72(71(81)70(80)68(63-76)84-74)85-69(79)62-59-56-53-50-47-44-42-40-37-29-27-25-23-20-17-14-11-8-5-2/h16-17,19-20,24-27,30-31,37,40,57,60,65-68,70-72,74,76-78,80-81H,4-15,18,21-23,28-29,32-36,38-39,41-56,58-59,61-64H2,1-3H3,(H,75,82)/b19-16-,20-17-,26-24-,27-25-,31-30-,40-37-,60-57+. The van der Waals surface area contributed by atoms with Crippen LogP contribution in [0.4, 0.5) is 0 Å². The van der Waals surface area contributed by atoms with Gasteiger partial charge in [0.1, 0.15) is 24.4 Å². The molecule has 0 saturated carbocycles. The van der Waals surface area contributed by atoms with Crippen LogP contribution in [-0.2, 0) is 23.8 Å². The van der Waals surface area contributed by atoms with Crippen LogP contribution in [0.1, 0.15) is 310 Å². The lowest BCUT2D eigenvalue weighted by atomic mass is 9.99. The third kappa shape index (κ3) is 48.4. The molecule has 8 unspecified atom stereocenters. The number of hydrogen-bond acceptors (Lipinski definition) is 10. The molecule has 0 aliphatic carbocycles. The number of ether oxygens (including phenoxy) is 3. The molecular formula is C74H131NO10. The summed E-state index contributed by atoms with van der Waals surface area (Å²) in [5.41, 5.74) is 0. The molecule has 1 saturated heterocycles. The van der Waals surface area contributed by atoms with Gasteiger partial charge in [-0.05, 0) is 103 Å². The fraction of sp³-hybridized carbons (Fsp3) is 0.784. The molecule has 492 valence electrons. The molecule has 8 atom stereocenters. The topological polar surface area (TPSA) is 175 Å². The van der Waals surface area contributed by atoms with Crippen molar-refractivity contribution in [3.05, 3.63) is 85.1 Å². The molecule has 0 aromatic carbocycles. The average molecular weight is 1190 g/mol. The number of hydrogen-bond donors (Lipinski definition) is 6. The van der Waals surface area contributed by atoms with Gasteiger partial charge < -0.3 is 45.1 Å². The summed E-state index contributed by atoms with van der Waals surface area (Å²) in [5.74, 6) is -1.21. The number of amides is 1. The van der Waals surface area contributed by atoms with Crippen molar-refractivity contribution in [2.24, 2.45) is 0 Å². The monoisotopic (exact) mass is 1190 g/mol. The summed E-state index contributed by atoms with van der Waals surface area (Å²) < 4.78 is 17.7. The zero-order chi connectivity index (χ0) is 61.7. The average Bonchev–Trinajstić information content (AvgIpc) is 3.59. The maximum Gasteiger partial charge on any atom is 0.306 e. The summed E-state index contributed by atoms with van der Waals surface area (Å²) in [7, 11) is 0. The number of unbranched alkanes of at least 4 members (excludes halogenated alkanes) is 34. The van der Waals surface area contributed by atoms with Crippen molar-refractivity contribution in [1.29, 1.82) is 0 Å². The molecule has 11 nitrogen and oxygen atoms in total. The van der Waals surface area contributed by atoms with Crippen LogP contribution in [0.3, 0.4) is 0 Å². The fourth-order valence-corrected chi connectivity index (χ4v) is 10.7. The van der Waals surface area contributed by atoms with Crippen LogP contribution in [0.5, 0.6) is 0 Å². The lowest BCUT2D eigenvalue weighted by Gasteiger charge is -2.41. The van der Waals surface area contributed by atoms with Crippen molar-refractivity contribution in [3.63, 3.8) is 0 Å². The predicted octanol–water partition coefficient (Wildman–Crippen LogP) is 18.1. The van der Waals surface area contributed by atoms with Crippen LogP contribution in [0.15, 0.2) is 85.1 Å². The van der Waals surface area contributed by atoms with Crippen LogP contribution in [0.25, 0.3) is 0 Å². The molecule has 1 heterocycles. The molecular weight excluding hydrogens is 1060 g/mol.